The van der Waals surface area contributed by atoms with E-state index >= 15 is 0 Å². The van der Waals surface area contributed by atoms with Crippen molar-refractivity contribution in [3.05, 3.63) is 47.5 Å². The van der Waals surface area contributed by atoms with Crippen LogP contribution in [-0.4, -0.2) is 37.5 Å². The molecule has 2 aromatic rings. The number of carbonyl (C=O) groups excluding carboxylic acids is 2. The van der Waals surface area contributed by atoms with E-state index in [1.807, 2.05) is 32.0 Å². The van der Waals surface area contributed by atoms with Crippen LogP contribution in [0, 0.1) is 13.8 Å². The van der Waals surface area contributed by atoms with Crippen molar-refractivity contribution in [3.8, 4) is 11.5 Å². The van der Waals surface area contributed by atoms with Crippen LogP contribution in [0.15, 0.2) is 36.4 Å². The molecule has 0 spiro atoms. The highest BCUT2D eigenvalue weighted by atomic mass is 32.2. The maximum Gasteiger partial charge on any atom is 0.234 e. The first kappa shape index (κ1) is 22.6. The van der Waals surface area contributed by atoms with Crippen molar-refractivity contribution >= 4 is 35.0 Å². The first-order valence-corrected chi connectivity index (χ1v) is 10.6. The summed E-state index contributed by atoms with van der Waals surface area (Å²) in [6, 6.07) is 11.2. The summed E-state index contributed by atoms with van der Waals surface area (Å²) >= 11 is 1.49. The molecule has 0 unspecified atom stereocenters. The minimum atomic E-state index is -0.124. The number of rotatable bonds is 10. The minimum absolute atomic E-state index is 0.00596. The van der Waals surface area contributed by atoms with Crippen molar-refractivity contribution in [2.45, 2.75) is 26.7 Å². The number of carbonyl (C=O) groups is 2. The van der Waals surface area contributed by atoms with Gasteiger partial charge >= 0.3 is 0 Å². The van der Waals surface area contributed by atoms with E-state index in [-0.39, 0.29) is 11.8 Å². The van der Waals surface area contributed by atoms with Crippen molar-refractivity contribution < 1.29 is 19.1 Å². The Labute approximate surface area is 176 Å². The van der Waals surface area contributed by atoms with Crippen LogP contribution in [0.4, 0.5) is 11.4 Å². The van der Waals surface area contributed by atoms with Gasteiger partial charge in [-0.25, -0.2) is 0 Å². The minimum Gasteiger partial charge on any atom is -0.497 e. The smallest absolute Gasteiger partial charge is 0.234 e. The molecule has 0 saturated heterocycles. The lowest BCUT2D eigenvalue weighted by molar-refractivity contribution is -0.116. The van der Waals surface area contributed by atoms with Gasteiger partial charge < -0.3 is 20.1 Å². The number of amides is 2. The molecule has 0 radical (unpaired) electrons. The SMILES string of the molecule is COc1ccc(OC)c(NC(=O)CSCCCC(=O)Nc2c(C)cccc2C)c1. The Morgan fingerprint density at radius 2 is 1.69 bits per heavy atom. The molecule has 0 saturated carbocycles. The van der Waals surface area contributed by atoms with E-state index in [9.17, 15) is 9.59 Å². The second-order valence-corrected chi connectivity index (χ2v) is 7.69. The Bertz CT molecular complexity index is 834. The summed E-state index contributed by atoms with van der Waals surface area (Å²) in [4.78, 5) is 24.3. The monoisotopic (exact) mass is 416 g/mol. The molecule has 0 aliphatic heterocycles. The number of aryl methyl sites for hydroxylation is 2. The van der Waals surface area contributed by atoms with E-state index in [0.717, 1.165) is 22.6 Å². The Balaban J connectivity index is 1.71. The second kappa shape index (κ2) is 11.4. The fourth-order valence-corrected chi connectivity index (χ4v) is 3.56. The summed E-state index contributed by atoms with van der Waals surface area (Å²) in [7, 11) is 3.12. The standard InChI is InChI=1S/C22H28N2O4S/c1-15-7-5-8-16(2)22(15)24-20(25)9-6-12-29-14-21(26)23-18-13-17(27-3)10-11-19(18)28-4/h5,7-8,10-11,13H,6,9,12,14H2,1-4H3,(H,23,26)(H,24,25). The number of methoxy groups -OCH3 is 2. The summed E-state index contributed by atoms with van der Waals surface area (Å²) in [5.41, 5.74) is 3.57. The zero-order valence-corrected chi connectivity index (χ0v) is 18.2. The Kier molecular flexibility index (Phi) is 8.86. The van der Waals surface area contributed by atoms with Crippen molar-refractivity contribution in [1.29, 1.82) is 0 Å². The predicted octanol–water partition coefficient (Wildman–Crippen LogP) is 4.41. The van der Waals surface area contributed by atoms with Crippen LogP contribution >= 0.6 is 11.8 Å². The van der Waals surface area contributed by atoms with Crippen LogP contribution in [0.2, 0.25) is 0 Å². The molecule has 2 amide bonds. The number of para-hydroxylation sites is 1. The highest BCUT2D eigenvalue weighted by Crippen LogP contribution is 2.29. The van der Waals surface area contributed by atoms with E-state index < -0.39 is 0 Å². The fraction of sp³-hybridized carbons (Fsp3) is 0.364. The van der Waals surface area contributed by atoms with E-state index in [4.69, 9.17) is 9.47 Å². The third-order valence-corrected chi connectivity index (χ3v) is 5.40. The quantitative estimate of drug-likeness (QED) is 0.561. The second-order valence-electron chi connectivity index (χ2n) is 6.59. The number of hydrogen-bond donors (Lipinski definition) is 2. The van der Waals surface area contributed by atoms with E-state index in [2.05, 4.69) is 10.6 Å². The molecule has 0 bridgehead atoms. The van der Waals surface area contributed by atoms with Gasteiger partial charge in [-0.15, -0.1) is 0 Å². The Morgan fingerprint density at radius 1 is 0.966 bits per heavy atom. The molecular weight excluding hydrogens is 388 g/mol. The molecule has 0 atom stereocenters. The van der Waals surface area contributed by atoms with Gasteiger partial charge in [0, 0.05) is 18.2 Å². The molecule has 29 heavy (non-hydrogen) atoms. The van der Waals surface area contributed by atoms with Crippen LogP contribution in [0.1, 0.15) is 24.0 Å². The summed E-state index contributed by atoms with van der Waals surface area (Å²) in [6.45, 7) is 3.96. The summed E-state index contributed by atoms with van der Waals surface area (Å²) in [6.07, 6.45) is 1.13. The van der Waals surface area contributed by atoms with Gasteiger partial charge in [-0.2, -0.15) is 11.8 Å². The summed E-state index contributed by atoms with van der Waals surface area (Å²) in [5, 5.41) is 5.82. The zero-order chi connectivity index (χ0) is 21.2. The first-order valence-electron chi connectivity index (χ1n) is 9.40. The maximum absolute atomic E-state index is 12.2. The largest absolute Gasteiger partial charge is 0.497 e. The van der Waals surface area contributed by atoms with Crippen LogP contribution in [0.5, 0.6) is 11.5 Å². The highest BCUT2D eigenvalue weighted by molar-refractivity contribution is 7.99. The molecule has 0 aliphatic rings. The average Bonchev–Trinajstić information content (AvgIpc) is 2.70. The number of ether oxygens (including phenoxy) is 2. The number of anilines is 2. The van der Waals surface area contributed by atoms with Crippen LogP contribution in [-0.2, 0) is 9.59 Å². The van der Waals surface area contributed by atoms with Gasteiger partial charge in [0.25, 0.3) is 0 Å². The number of benzene rings is 2. The van der Waals surface area contributed by atoms with Gasteiger partial charge in [-0.05, 0) is 49.3 Å². The molecular formula is C22H28N2O4S. The number of thioether (sulfide) groups is 1. The van der Waals surface area contributed by atoms with Crippen molar-refractivity contribution in [2.24, 2.45) is 0 Å². The summed E-state index contributed by atoms with van der Waals surface area (Å²) in [5.74, 6) is 2.12. The maximum atomic E-state index is 12.2. The third-order valence-electron chi connectivity index (χ3n) is 4.35. The average molecular weight is 417 g/mol. The molecule has 2 N–H and O–H groups in total. The topological polar surface area (TPSA) is 76.7 Å². The lowest BCUT2D eigenvalue weighted by Gasteiger charge is -2.12. The molecule has 6 nitrogen and oxygen atoms in total. The predicted molar refractivity (Wildman–Crippen MR) is 119 cm³/mol. The molecule has 0 aliphatic carbocycles. The van der Waals surface area contributed by atoms with Gasteiger partial charge in [0.2, 0.25) is 11.8 Å². The highest BCUT2D eigenvalue weighted by Gasteiger charge is 2.10. The molecule has 156 valence electrons. The van der Waals surface area contributed by atoms with Crippen LogP contribution in [0.3, 0.4) is 0 Å². The van der Waals surface area contributed by atoms with Crippen molar-refractivity contribution in [3.63, 3.8) is 0 Å². The molecule has 0 aromatic heterocycles. The van der Waals surface area contributed by atoms with Gasteiger partial charge in [0.05, 0.1) is 25.7 Å². The summed E-state index contributed by atoms with van der Waals surface area (Å²) < 4.78 is 10.4. The Morgan fingerprint density at radius 3 is 2.34 bits per heavy atom. The molecule has 2 aromatic carbocycles. The van der Waals surface area contributed by atoms with Crippen molar-refractivity contribution in [2.75, 3.05) is 36.4 Å². The number of nitrogens with one attached hydrogen (secondary N) is 2. The Hall–Kier alpha value is -2.67. The van der Waals surface area contributed by atoms with Crippen LogP contribution < -0.4 is 20.1 Å². The molecule has 0 fully saturated rings. The van der Waals surface area contributed by atoms with Crippen LogP contribution in [0.25, 0.3) is 0 Å². The van der Waals surface area contributed by atoms with Gasteiger partial charge in [0.1, 0.15) is 11.5 Å². The van der Waals surface area contributed by atoms with Crippen molar-refractivity contribution in [1.82, 2.24) is 0 Å². The lowest BCUT2D eigenvalue weighted by atomic mass is 10.1. The first-order chi connectivity index (χ1) is 13.9. The van der Waals surface area contributed by atoms with Gasteiger partial charge in [-0.3, -0.25) is 9.59 Å². The van der Waals surface area contributed by atoms with E-state index in [1.165, 1.54) is 11.8 Å². The van der Waals surface area contributed by atoms with Gasteiger partial charge in [0.15, 0.2) is 0 Å². The van der Waals surface area contributed by atoms with E-state index in [1.54, 1.807) is 32.4 Å². The number of hydrogen-bond acceptors (Lipinski definition) is 5. The third kappa shape index (κ3) is 7.02. The van der Waals surface area contributed by atoms with E-state index in [0.29, 0.717) is 35.8 Å². The lowest BCUT2D eigenvalue weighted by Crippen LogP contribution is -2.16. The normalized spacial score (nSPS) is 10.3. The molecule has 0 heterocycles. The molecule has 7 heteroatoms. The fourth-order valence-electron chi connectivity index (χ4n) is 2.81. The molecule has 2 rings (SSSR count). The zero-order valence-electron chi connectivity index (χ0n) is 17.3. The van der Waals surface area contributed by atoms with Gasteiger partial charge in [-0.1, -0.05) is 18.2 Å².